The summed E-state index contributed by atoms with van der Waals surface area (Å²) in [7, 11) is 1.67. The number of fused-ring (bicyclic) bond motifs is 7. The lowest BCUT2D eigenvalue weighted by Crippen LogP contribution is -2.53. The Morgan fingerprint density at radius 2 is 1.31 bits per heavy atom. The molecule has 2 fully saturated rings. The molecule has 310 valence electrons. The predicted molar refractivity (Wildman–Crippen MR) is 230 cm³/mol. The van der Waals surface area contributed by atoms with Gasteiger partial charge < -0.3 is 39.1 Å². The van der Waals surface area contributed by atoms with Gasteiger partial charge in [-0.3, -0.25) is 4.99 Å². The zero-order valence-corrected chi connectivity index (χ0v) is 36.1. The predicted octanol–water partition coefficient (Wildman–Crippen LogP) is 6.90. The van der Waals surface area contributed by atoms with Gasteiger partial charge in [0.1, 0.15) is 39.0 Å². The van der Waals surface area contributed by atoms with Gasteiger partial charge in [0.25, 0.3) is 0 Å². The summed E-state index contributed by atoms with van der Waals surface area (Å²) in [6.07, 6.45) is 6.81. The van der Waals surface area contributed by atoms with Crippen LogP contribution in [0.2, 0.25) is 5.15 Å². The fraction of sp³-hybridized carbons (Fsp3) is 0.488. The topological polar surface area (TPSA) is 151 Å². The maximum absolute atomic E-state index is 13.3. The Balaban J connectivity index is 0.000000163. The number of aromatic nitrogens is 4. The van der Waals surface area contributed by atoms with Gasteiger partial charge in [-0.1, -0.05) is 11.6 Å². The molecule has 18 heteroatoms. The highest BCUT2D eigenvalue weighted by Gasteiger charge is 2.34. The number of methoxy groups -OCH3 is 1. The normalized spacial score (nSPS) is 22.5. The van der Waals surface area contributed by atoms with Crippen LogP contribution in [0, 0.1) is 0 Å². The molecule has 0 saturated carbocycles. The standard InChI is InChI=1S/C25H28N6O3S.C16H19ClN4O2S/c1-14-10-31(11-15(2)34-14)25(32)30-5-4-18-21(12-30)35-24-22(18)23(27-13-28-24)29-19-6-16-8-26-9-17(16)7-20(19)33-3;1-9-5-21(6-10(2)23-9)16(22)20-4-3-11-12(7-20)24-15-13(11)14(17)18-8-19-15/h6-8,13-15H,4-5,9-12H2,1-3H3,(H,27,28,29);8-10H,3-7H2,1-2H3/t14-,15-;9-,10-/m11/s1. The first-order valence-corrected chi connectivity index (χ1v) is 22.1. The summed E-state index contributed by atoms with van der Waals surface area (Å²) in [4.78, 5) is 59.9. The van der Waals surface area contributed by atoms with Crippen molar-refractivity contribution in [3.63, 3.8) is 0 Å². The quantitative estimate of drug-likeness (QED) is 0.190. The van der Waals surface area contributed by atoms with Crippen molar-refractivity contribution < 1.29 is 23.8 Å². The van der Waals surface area contributed by atoms with Crippen LogP contribution in [-0.2, 0) is 41.9 Å². The molecule has 4 aromatic heterocycles. The average molecular weight is 859 g/mol. The highest BCUT2D eigenvalue weighted by atomic mass is 35.5. The Bertz CT molecular complexity index is 2440. The number of carbonyl (C=O) groups excluding carboxylic acids is 2. The maximum atomic E-state index is 13.3. The van der Waals surface area contributed by atoms with Crippen molar-refractivity contribution in [2.75, 3.05) is 51.7 Å². The molecule has 4 atom stereocenters. The number of hydrogen-bond donors (Lipinski definition) is 1. The van der Waals surface area contributed by atoms with E-state index < -0.39 is 0 Å². The molecular formula is C41H47ClN10O5S2. The summed E-state index contributed by atoms with van der Waals surface area (Å²) in [6, 6.07) is 4.27. The summed E-state index contributed by atoms with van der Waals surface area (Å²) in [5.74, 6) is 1.52. The fourth-order valence-electron chi connectivity index (χ4n) is 8.84. The summed E-state index contributed by atoms with van der Waals surface area (Å²) < 4.78 is 17.2. The van der Waals surface area contributed by atoms with Crippen LogP contribution in [0.15, 0.2) is 29.8 Å². The summed E-state index contributed by atoms with van der Waals surface area (Å²) >= 11 is 9.49. The minimum atomic E-state index is 0.0544. The van der Waals surface area contributed by atoms with E-state index in [9.17, 15) is 9.59 Å². The van der Waals surface area contributed by atoms with E-state index in [0.29, 0.717) is 64.1 Å². The van der Waals surface area contributed by atoms with Gasteiger partial charge in [0.2, 0.25) is 0 Å². The number of ether oxygens (including phenoxy) is 3. The Morgan fingerprint density at radius 1 is 0.763 bits per heavy atom. The van der Waals surface area contributed by atoms with Crippen molar-refractivity contribution >= 4 is 84.5 Å². The van der Waals surface area contributed by atoms with Gasteiger partial charge in [0.15, 0.2) is 0 Å². The Morgan fingerprint density at radius 3 is 1.88 bits per heavy atom. The molecule has 15 nitrogen and oxygen atoms in total. The van der Waals surface area contributed by atoms with Gasteiger partial charge in [0, 0.05) is 55.2 Å². The zero-order valence-electron chi connectivity index (χ0n) is 33.7. The van der Waals surface area contributed by atoms with E-state index in [4.69, 9.17) is 25.8 Å². The van der Waals surface area contributed by atoms with Crippen molar-refractivity contribution in [3.05, 3.63) is 61.9 Å². The van der Waals surface area contributed by atoms with Gasteiger partial charge >= 0.3 is 12.1 Å². The number of nitrogens with zero attached hydrogens (tertiary/aromatic N) is 9. The number of halogens is 1. The van der Waals surface area contributed by atoms with Gasteiger partial charge in [-0.2, -0.15) is 0 Å². The summed E-state index contributed by atoms with van der Waals surface area (Å²) in [5.41, 5.74) is 5.52. The third-order valence-corrected chi connectivity index (χ3v) is 13.9. The van der Waals surface area contributed by atoms with Crippen LogP contribution in [0.1, 0.15) is 59.7 Å². The van der Waals surface area contributed by atoms with Crippen LogP contribution in [0.4, 0.5) is 21.1 Å². The van der Waals surface area contributed by atoms with Crippen molar-refractivity contribution in [1.29, 1.82) is 0 Å². The third-order valence-electron chi connectivity index (χ3n) is 11.4. The Kier molecular flexibility index (Phi) is 11.1. The molecule has 5 aromatic rings. The smallest absolute Gasteiger partial charge is 0.320 e. The van der Waals surface area contributed by atoms with Gasteiger partial charge in [-0.05, 0) is 74.9 Å². The lowest BCUT2D eigenvalue weighted by atomic mass is 10.0. The second-order valence-corrected chi connectivity index (χ2v) is 18.4. The number of benzene rings is 1. The molecule has 2 saturated heterocycles. The summed E-state index contributed by atoms with van der Waals surface area (Å²) in [6.45, 7) is 13.9. The maximum Gasteiger partial charge on any atom is 0.320 e. The van der Waals surface area contributed by atoms with E-state index >= 15 is 0 Å². The molecule has 5 aliphatic heterocycles. The minimum Gasteiger partial charge on any atom is -0.495 e. The summed E-state index contributed by atoms with van der Waals surface area (Å²) in [5, 5.41) is 5.99. The lowest BCUT2D eigenvalue weighted by Gasteiger charge is -2.39. The molecule has 1 aromatic carbocycles. The highest BCUT2D eigenvalue weighted by Crippen LogP contribution is 2.41. The number of aliphatic imine (C=N–C) groups is 1. The van der Waals surface area contributed by atoms with E-state index in [-0.39, 0.29) is 36.5 Å². The molecule has 1 N–H and O–H groups in total. The van der Waals surface area contributed by atoms with E-state index in [1.807, 2.05) is 59.6 Å². The molecule has 0 bridgehead atoms. The minimum absolute atomic E-state index is 0.0544. The highest BCUT2D eigenvalue weighted by molar-refractivity contribution is 7.19. The second kappa shape index (κ2) is 16.4. The number of carbonyl (C=O) groups is 2. The Hall–Kier alpha value is -4.68. The molecule has 9 heterocycles. The zero-order chi connectivity index (χ0) is 40.9. The van der Waals surface area contributed by atoms with Gasteiger partial charge in [-0.25, -0.2) is 29.5 Å². The molecule has 4 amide bonds. The molecule has 5 aliphatic rings. The third kappa shape index (κ3) is 7.90. The van der Waals surface area contributed by atoms with E-state index in [1.54, 1.807) is 36.1 Å². The molecule has 59 heavy (non-hydrogen) atoms. The van der Waals surface area contributed by atoms with Crippen molar-refractivity contribution in [3.8, 4) is 5.75 Å². The number of nitrogens with one attached hydrogen (secondary N) is 1. The molecular weight excluding hydrogens is 812 g/mol. The lowest BCUT2D eigenvalue weighted by molar-refractivity contribution is -0.0586. The number of amides is 4. The molecule has 0 radical (unpaired) electrons. The van der Waals surface area contributed by atoms with Crippen LogP contribution < -0.4 is 10.1 Å². The second-order valence-electron chi connectivity index (χ2n) is 15.8. The van der Waals surface area contributed by atoms with E-state index in [1.165, 1.54) is 27.2 Å². The fourth-order valence-corrected chi connectivity index (χ4v) is 11.5. The first-order chi connectivity index (χ1) is 28.5. The van der Waals surface area contributed by atoms with Crippen LogP contribution in [0.5, 0.6) is 5.75 Å². The van der Waals surface area contributed by atoms with Gasteiger partial charge in [0.05, 0.1) is 67.6 Å². The average Bonchev–Trinajstić information content (AvgIpc) is 3.94. The van der Waals surface area contributed by atoms with Gasteiger partial charge in [-0.15, -0.1) is 22.7 Å². The van der Waals surface area contributed by atoms with Crippen LogP contribution in [-0.4, -0.2) is 129 Å². The number of thiophene rings is 2. The number of urea groups is 2. The van der Waals surface area contributed by atoms with Crippen molar-refractivity contribution in [2.24, 2.45) is 4.99 Å². The van der Waals surface area contributed by atoms with Crippen molar-refractivity contribution in [2.45, 2.75) is 84.6 Å². The molecule has 0 spiro atoms. The van der Waals surface area contributed by atoms with E-state index in [2.05, 4.69) is 36.3 Å². The SMILES string of the molecule is COc1cc2c(cc1Nc1ncnc3sc4c(c13)CCN(C(=O)N1C[C@@H](C)O[C@H](C)C1)C4)C=NC2.C[C@@H]1CN(C(=O)N2CCc3c(sc4ncnc(Cl)c34)C2)C[C@@H](C)O1. The van der Waals surface area contributed by atoms with Crippen molar-refractivity contribution in [1.82, 2.24) is 39.5 Å². The number of rotatable bonds is 3. The Labute approximate surface area is 355 Å². The largest absolute Gasteiger partial charge is 0.495 e. The van der Waals surface area contributed by atoms with E-state index in [0.717, 1.165) is 61.7 Å². The van der Waals surface area contributed by atoms with Crippen LogP contribution >= 0.6 is 34.3 Å². The molecule has 0 unspecified atom stereocenters. The number of morpholine rings is 2. The monoisotopic (exact) mass is 858 g/mol. The van der Waals surface area contributed by atoms with Crippen LogP contribution in [0.3, 0.4) is 0 Å². The molecule has 10 rings (SSSR count). The number of anilines is 2. The number of hydrogen-bond acceptors (Lipinski definition) is 13. The first kappa shape index (κ1) is 39.8. The van der Waals surface area contributed by atoms with Crippen LogP contribution in [0.25, 0.3) is 20.4 Å². The first-order valence-electron chi connectivity index (χ1n) is 20.0. The molecule has 0 aliphatic carbocycles.